The van der Waals surface area contributed by atoms with Crippen LogP contribution in [-0.4, -0.2) is 49.6 Å². The molecule has 0 fully saturated rings. The third kappa shape index (κ3) is 11.2. The van der Waals surface area contributed by atoms with Crippen LogP contribution < -0.4 is 128 Å². The summed E-state index contributed by atoms with van der Waals surface area (Å²) in [6.07, 6.45) is 0. The second-order valence-electron chi connectivity index (χ2n) is 23.5. The molecular weight excluding hydrogens is 1210 g/mol. The van der Waals surface area contributed by atoms with Crippen molar-refractivity contribution in [1.82, 2.24) is 0 Å². The topological polar surface area (TPSA) is 189 Å². The van der Waals surface area contributed by atoms with Gasteiger partial charge in [0.05, 0.1) is 21.2 Å². The van der Waals surface area contributed by atoms with Crippen LogP contribution in [0.2, 0.25) is 0 Å². The number of amides is 4. The van der Waals surface area contributed by atoms with E-state index in [9.17, 15) is 25.9 Å². The van der Waals surface area contributed by atoms with E-state index < -0.39 is 53.7 Å². The van der Waals surface area contributed by atoms with Gasteiger partial charge in [0.15, 0.2) is 0 Å². The second kappa shape index (κ2) is 26.0. The fraction of sp³-hybridized carbons (Fsp3) is 0.167. The monoisotopic (exact) mass is 1260 g/mol. The quantitative estimate of drug-likeness (QED) is 0.0433. The fourth-order valence-electron chi connectivity index (χ4n) is 13.3. The van der Waals surface area contributed by atoms with Gasteiger partial charge in [0.25, 0.3) is 23.6 Å². The Bertz CT molecular complexity index is 5000. The second-order valence-corrected chi connectivity index (χ2v) is 26.3. The Kier molecular flexibility index (Phi) is 20.0. The molecular formula is C72H54N2Na4O10S2. The number of para-hydroxylation sites is 2. The van der Waals surface area contributed by atoms with Crippen LogP contribution in [-0.2, 0) is 20.2 Å². The maximum absolute atomic E-state index is 16.2. The molecule has 0 unspecified atom stereocenters. The van der Waals surface area contributed by atoms with Gasteiger partial charge in [-0.15, -0.1) is 11.1 Å². The summed E-state index contributed by atoms with van der Waals surface area (Å²) in [5, 5.41) is 3.80. The molecule has 0 N–H and O–H groups in total. The molecule has 0 bridgehead atoms. The number of anilines is 2. The van der Waals surface area contributed by atoms with Gasteiger partial charge in [-0.05, 0) is 155 Å². The van der Waals surface area contributed by atoms with Crippen LogP contribution in [0.1, 0.15) is 143 Å². The maximum Gasteiger partial charge on any atom is 1.00 e. The number of benzene rings is 11. The zero-order valence-electron chi connectivity index (χ0n) is 52.1. The molecule has 428 valence electrons. The van der Waals surface area contributed by atoms with Crippen molar-refractivity contribution >= 4 is 98.3 Å². The zero-order chi connectivity index (χ0) is 60.7. The van der Waals surface area contributed by atoms with Crippen LogP contribution in [0.4, 0.5) is 11.4 Å². The number of hydrogen-bond donors (Lipinski definition) is 0. The Morgan fingerprint density at radius 2 is 0.711 bits per heavy atom. The summed E-state index contributed by atoms with van der Waals surface area (Å²) in [4.78, 5) is 65.3. The summed E-state index contributed by atoms with van der Waals surface area (Å²) < 4.78 is 76.0. The zero-order valence-corrected chi connectivity index (χ0v) is 61.7. The van der Waals surface area contributed by atoms with Crippen LogP contribution in [0, 0.1) is 12.1 Å². The van der Waals surface area contributed by atoms with Gasteiger partial charge in [-0.2, -0.15) is 60.2 Å². The van der Waals surface area contributed by atoms with E-state index in [1.165, 1.54) is 34.1 Å². The molecule has 2 heterocycles. The van der Waals surface area contributed by atoms with E-state index >= 15 is 19.2 Å². The number of fused-ring (bicyclic) bond motifs is 2. The van der Waals surface area contributed by atoms with Gasteiger partial charge >= 0.3 is 118 Å². The third-order valence-corrected chi connectivity index (χ3v) is 18.9. The van der Waals surface area contributed by atoms with E-state index in [1.54, 1.807) is 24.3 Å². The summed E-state index contributed by atoms with van der Waals surface area (Å²) >= 11 is 0. The summed E-state index contributed by atoms with van der Waals surface area (Å²) in [6.45, 7) is 16.1. The molecule has 12 nitrogen and oxygen atoms in total. The van der Waals surface area contributed by atoms with Gasteiger partial charge < -0.3 is 9.11 Å². The molecule has 0 saturated carbocycles. The van der Waals surface area contributed by atoms with Crippen LogP contribution in [0.3, 0.4) is 0 Å². The summed E-state index contributed by atoms with van der Waals surface area (Å²) in [5.41, 5.74) is 8.82. The Hall–Kier alpha value is -5.18. The van der Waals surface area contributed by atoms with Crippen molar-refractivity contribution < 1.29 is 163 Å². The molecule has 18 heteroatoms. The SMILES string of the molecule is CC(C)c1cccc(C(C)C)c1N1C(=O)c2ccc3c4c(-c5ccc(S(=O)(=O)[O-])cc5-c5ccc(S(=O)(=O)[O-])cc5)cc5c6c(ccc(c7c(-c8cc[c-]cc8-c8cc[c-]cc8)cc(c2c37)C1=O)c64)C(=O)N(c1c(C(C)C)cccc1C(C)C)C5=O.[Na+].[Na+].[Na+].[Na+]. The predicted molar refractivity (Wildman–Crippen MR) is 335 cm³/mol. The van der Waals surface area contributed by atoms with Crippen LogP contribution in [0.5, 0.6) is 0 Å². The molecule has 0 aromatic heterocycles. The molecule has 90 heavy (non-hydrogen) atoms. The average Bonchev–Trinajstić information content (AvgIpc) is 0.678. The van der Waals surface area contributed by atoms with Gasteiger partial charge in [-0.3, -0.25) is 19.2 Å². The Labute approximate surface area is 611 Å². The van der Waals surface area contributed by atoms with E-state index in [-0.39, 0.29) is 181 Å². The van der Waals surface area contributed by atoms with Crippen LogP contribution in [0.25, 0.3) is 87.6 Å². The smallest absolute Gasteiger partial charge is 0.744 e. The molecule has 11 aromatic carbocycles. The first-order valence-electron chi connectivity index (χ1n) is 28.4. The maximum atomic E-state index is 16.2. The first-order valence-corrected chi connectivity index (χ1v) is 31.2. The molecule has 0 spiro atoms. The van der Waals surface area contributed by atoms with Crippen molar-refractivity contribution in [3.05, 3.63) is 214 Å². The normalized spacial score (nSPS) is 13.3. The van der Waals surface area contributed by atoms with Gasteiger partial charge in [-0.1, -0.05) is 122 Å². The van der Waals surface area contributed by atoms with Gasteiger partial charge in [-0.25, -0.2) is 26.6 Å². The van der Waals surface area contributed by atoms with Crippen molar-refractivity contribution in [2.75, 3.05) is 9.80 Å². The average molecular weight is 1260 g/mol. The number of carbonyl (C=O) groups excluding carboxylic acids is 4. The van der Waals surface area contributed by atoms with Crippen molar-refractivity contribution in [3.8, 4) is 44.5 Å². The number of carbonyl (C=O) groups is 4. The van der Waals surface area contributed by atoms with Crippen molar-refractivity contribution in [1.29, 1.82) is 0 Å². The van der Waals surface area contributed by atoms with Crippen molar-refractivity contribution in [2.45, 2.75) is 88.9 Å². The Morgan fingerprint density at radius 3 is 1.12 bits per heavy atom. The molecule has 2 aliphatic heterocycles. The number of hydrogen-bond acceptors (Lipinski definition) is 10. The van der Waals surface area contributed by atoms with E-state index in [0.717, 1.165) is 51.6 Å². The largest absolute Gasteiger partial charge is 1.00 e. The van der Waals surface area contributed by atoms with Crippen molar-refractivity contribution in [3.63, 3.8) is 0 Å². The minimum Gasteiger partial charge on any atom is -0.744 e. The molecule has 0 radical (unpaired) electrons. The van der Waals surface area contributed by atoms with E-state index in [1.807, 2.05) is 146 Å². The summed E-state index contributed by atoms with van der Waals surface area (Å²) in [7, 11) is -10.1. The minimum absolute atomic E-state index is 0. The summed E-state index contributed by atoms with van der Waals surface area (Å²) in [6, 6.07) is 50.3. The molecule has 2 aliphatic rings. The Morgan fingerprint density at radius 1 is 0.344 bits per heavy atom. The number of imide groups is 2. The van der Waals surface area contributed by atoms with Crippen LogP contribution >= 0.6 is 0 Å². The van der Waals surface area contributed by atoms with E-state index in [0.29, 0.717) is 71.2 Å². The molecule has 0 atom stereocenters. The third-order valence-electron chi connectivity index (χ3n) is 17.2. The molecule has 0 saturated heterocycles. The molecule has 4 amide bonds. The molecule has 0 aliphatic carbocycles. The first-order chi connectivity index (χ1) is 41.0. The van der Waals surface area contributed by atoms with Crippen molar-refractivity contribution in [2.24, 2.45) is 0 Å². The number of rotatable bonds is 12. The predicted octanol–water partition coefficient (Wildman–Crippen LogP) is 3.92. The van der Waals surface area contributed by atoms with Gasteiger partial charge in [0.2, 0.25) is 0 Å². The Balaban J connectivity index is 0.00000240. The standard InChI is InChI=1S/C72H56N2O10S2.4Na/c1-37(2)45-20-14-21-46(38(3)4)67(45)73-69(75)54-33-31-53-62-58(51-29-28-44(86(82,83)84)34-56(51)42-24-26-43(27-25-42)85(79,80)81)36-60-64-55(70(76)74(72(60)78)68-47(39(5)6)22-15-23-48(68)40(7)8)32-30-52(66(62)64)61-57(35-59(71(73)77)63(54)65(53)61)50-19-13-12-18-49(50)41-16-10-9-11-17-41;;;;/h10-11,13-40H,1-8H3,(H,79,80,81)(H,82,83,84);;;;/q-2;4*+1/p-2. The first kappa shape index (κ1) is 69.2. The van der Waals surface area contributed by atoms with E-state index in [4.69, 9.17) is 0 Å². The number of nitrogens with zero attached hydrogens (tertiary/aromatic N) is 2. The minimum atomic E-state index is -5.14. The molecule has 13 rings (SSSR count). The van der Waals surface area contributed by atoms with Gasteiger partial charge in [0, 0.05) is 33.0 Å². The molecule has 11 aromatic rings. The van der Waals surface area contributed by atoms with Gasteiger partial charge in [0.1, 0.15) is 20.2 Å². The van der Waals surface area contributed by atoms with Crippen LogP contribution in [0.15, 0.2) is 168 Å². The summed E-state index contributed by atoms with van der Waals surface area (Å²) in [5.74, 6) is -2.69. The fourth-order valence-corrected chi connectivity index (χ4v) is 14.2. The van der Waals surface area contributed by atoms with E-state index in [2.05, 4.69) is 12.1 Å².